The van der Waals surface area contributed by atoms with E-state index in [1.807, 2.05) is 4.90 Å². The van der Waals surface area contributed by atoms with E-state index in [1.54, 1.807) is 24.3 Å². The summed E-state index contributed by atoms with van der Waals surface area (Å²) < 4.78 is 0. The Balaban J connectivity index is 1.29. The molecule has 3 aliphatic rings. The molecule has 1 aromatic rings. The zero-order chi connectivity index (χ0) is 22.7. The van der Waals surface area contributed by atoms with Crippen LogP contribution in [0.5, 0.6) is 0 Å². The maximum atomic E-state index is 12.6. The third-order valence-corrected chi connectivity index (χ3v) is 6.82. The predicted molar refractivity (Wildman–Crippen MR) is 123 cm³/mol. The Kier molecular flexibility index (Phi) is 7.17. The van der Waals surface area contributed by atoms with Crippen LogP contribution in [-0.2, 0) is 9.59 Å². The van der Waals surface area contributed by atoms with Crippen LogP contribution in [0.1, 0.15) is 19.3 Å². The first-order valence-corrected chi connectivity index (χ1v) is 11.6. The molecule has 4 amide bonds. The van der Waals surface area contributed by atoms with Gasteiger partial charge in [0.1, 0.15) is 0 Å². The molecule has 0 radical (unpaired) electrons. The number of amides is 4. The molecular weight excluding hydrogens is 432 g/mol. The second-order valence-electron chi connectivity index (χ2n) is 8.88. The number of likely N-dealkylation sites (N-methyl/N-ethyl adjacent to an activating group) is 1. The SMILES string of the molecule is CN1CCN(C(=O)CC[C@H]2CNC(=O)[C@H]3C[C@H](NC(=O)Nc4cccc(Cl)c4)CN23)CC1. The van der Waals surface area contributed by atoms with Gasteiger partial charge in [-0.2, -0.15) is 0 Å². The van der Waals surface area contributed by atoms with Crippen LogP contribution < -0.4 is 16.0 Å². The number of hydrogen-bond acceptors (Lipinski definition) is 5. The number of carbonyl (C=O) groups excluding carboxylic acids is 3. The van der Waals surface area contributed by atoms with Crippen molar-refractivity contribution in [2.75, 3.05) is 51.6 Å². The standard InChI is InChI=1S/C22H31ClN6O3/c1-27-7-9-28(10-8-27)20(30)6-5-18-13-24-21(31)19-12-17(14-29(18)19)26-22(32)25-16-4-2-3-15(23)11-16/h2-4,11,17-19H,5-10,12-14H2,1H3,(H,24,31)(H2,25,26,32)/t17-,18-,19+/m0/s1. The fraction of sp³-hybridized carbons (Fsp3) is 0.591. The highest BCUT2D eigenvalue weighted by Gasteiger charge is 2.43. The van der Waals surface area contributed by atoms with Crippen molar-refractivity contribution in [3.8, 4) is 0 Å². The highest BCUT2D eigenvalue weighted by Crippen LogP contribution is 2.26. The predicted octanol–water partition coefficient (Wildman–Crippen LogP) is 0.957. The number of urea groups is 1. The maximum absolute atomic E-state index is 12.6. The fourth-order valence-electron chi connectivity index (χ4n) is 4.77. The van der Waals surface area contributed by atoms with Gasteiger partial charge in [-0.1, -0.05) is 17.7 Å². The summed E-state index contributed by atoms with van der Waals surface area (Å²) in [5, 5.41) is 9.28. The van der Waals surface area contributed by atoms with Gasteiger partial charge in [0.25, 0.3) is 0 Å². The number of anilines is 1. The average molecular weight is 463 g/mol. The van der Waals surface area contributed by atoms with E-state index < -0.39 is 0 Å². The lowest BCUT2D eigenvalue weighted by molar-refractivity contribution is -0.133. The molecule has 0 aliphatic carbocycles. The summed E-state index contributed by atoms with van der Waals surface area (Å²) in [6, 6.07) is 6.32. The molecule has 0 unspecified atom stereocenters. The lowest BCUT2D eigenvalue weighted by atomic mass is 10.0. The Morgan fingerprint density at radius 1 is 1.22 bits per heavy atom. The zero-order valence-electron chi connectivity index (χ0n) is 18.3. The molecule has 0 bridgehead atoms. The van der Waals surface area contributed by atoms with Crippen LogP contribution in [0.15, 0.2) is 24.3 Å². The average Bonchev–Trinajstić information content (AvgIpc) is 3.18. The molecule has 0 aromatic heterocycles. The van der Waals surface area contributed by atoms with Crippen LogP contribution in [-0.4, -0.2) is 97.0 Å². The van der Waals surface area contributed by atoms with E-state index in [0.717, 1.165) is 26.2 Å². The van der Waals surface area contributed by atoms with Crippen molar-refractivity contribution in [2.45, 2.75) is 37.4 Å². The van der Waals surface area contributed by atoms with Crippen molar-refractivity contribution in [2.24, 2.45) is 0 Å². The van der Waals surface area contributed by atoms with Crippen molar-refractivity contribution in [1.29, 1.82) is 0 Å². The monoisotopic (exact) mass is 462 g/mol. The van der Waals surface area contributed by atoms with Crippen molar-refractivity contribution < 1.29 is 14.4 Å². The first-order valence-electron chi connectivity index (χ1n) is 11.2. The van der Waals surface area contributed by atoms with Gasteiger partial charge in [-0.25, -0.2) is 4.79 Å². The van der Waals surface area contributed by atoms with Crippen molar-refractivity contribution in [3.63, 3.8) is 0 Å². The molecule has 1 aromatic carbocycles. The molecular formula is C22H31ClN6O3. The maximum Gasteiger partial charge on any atom is 0.319 e. The van der Waals surface area contributed by atoms with Crippen LogP contribution in [0.2, 0.25) is 5.02 Å². The van der Waals surface area contributed by atoms with Crippen LogP contribution in [0.25, 0.3) is 0 Å². The summed E-state index contributed by atoms with van der Waals surface area (Å²) in [5.41, 5.74) is 0.615. The van der Waals surface area contributed by atoms with E-state index in [0.29, 0.717) is 43.1 Å². The molecule has 3 N–H and O–H groups in total. The van der Waals surface area contributed by atoms with E-state index in [-0.39, 0.29) is 36.0 Å². The molecule has 3 aliphatic heterocycles. The highest BCUT2D eigenvalue weighted by atomic mass is 35.5. The second kappa shape index (κ2) is 10.1. The number of fused-ring (bicyclic) bond motifs is 1. The summed E-state index contributed by atoms with van der Waals surface area (Å²) >= 11 is 5.97. The summed E-state index contributed by atoms with van der Waals surface area (Å²) in [5.74, 6) is 0.174. The molecule has 174 valence electrons. The number of hydrogen-bond donors (Lipinski definition) is 3. The van der Waals surface area contributed by atoms with Gasteiger partial charge in [-0.3, -0.25) is 14.5 Å². The van der Waals surface area contributed by atoms with Crippen LogP contribution in [0.4, 0.5) is 10.5 Å². The number of nitrogens with zero attached hydrogens (tertiary/aromatic N) is 3. The van der Waals surface area contributed by atoms with Gasteiger partial charge < -0.3 is 25.8 Å². The molecule has 0 spiro atoms. The zero-order valence-corrected chi connectivity index (χ0v) is 19.1. The smallest absolute Gasteiger partial charge is 0.319 e. The number of rotatable bonds is 5. The fourth-order valence-corrected chi connectivity index (χ4v) is 4.96. The molecule has 3 saturated heterocycles. The van der Waals surface area contributed by atoms with Gasteiger partial charge in [-0.05, 0) is 38.1 Å². The summed E-state index contributed by atoms with van der Waals surface area (Å²) in [6.45, 7) is 4.49. The topological polar surface area (TPSA) is 97.0 Å². The number of piperazine rings is 2. The van der Waals surface area contributed by atoms with Gasteiger partial charge in [0, 0.05) is 68.5 Å². The van der Waals surface area contributed by atoms with E-state index in [1.165, 1.54) is 0 Å². The summed E-state index contributed by atoms with van der Waals surface area (Å²) in [6.07, 6.45) is 1.72. The molecule has 9 nitrogen and oxygen atoms in total. The van der Waals surface area contributed by atoms with E-state index >= 15 is 0 Å². The van der Waals surface area contributed by atoms with Gasteiger partial charge >= 0.3 is 6.03 Å². The molecule has 3 heterocycles. The van der Waals surface area contributed by atoms with E-state index in [9.17, 15) is 14.4 Å². The van der Waals surface area contributed by atoms with Crippen LogP contribution in [0, 0.1) is 0 Å². The number of benzene rings is 1. The minimum Gasteiger partial charge on any atom is -0.353 e. The minimum absolute atomic E-state index is 0.00815. The van der Waals surface area contributed by atoms with Gasteiger partial charge in [0.05, 0.1) is 6.04 Å². The Labute approximate surface area is 193 Å². The number of halogens is 1. The highest BCUT2D eigenvalue weighted by molar-refractivity contribution is 6.30. The van der Waals surface area contributed by atoms with Gasteiger partial charge in [0.15, 0.2) is 0 Å². The molecule has 3 fully saturated rings. The Morgan fingerprint density at radius 3 is 2.75 bits per heavy atom. The first-order chi connectivity index (χ1) is 15.4. The quantitative estimate of drug-likeness (QED) is 0.605. The molecule has 10 heteroatoms. The van der Waals surface area contributed by atoms with E-state index in [2.05, 4.69) is 32.8 Å². The number of carbonyl (C=O) groups is 3. The van der Waals surface area contributed by atoms with Gasteiger partial charge in [-0.15, -0.1) is 0 Å². The van der Waals surface area contributed by atoms with Crippen LogP contribution in [0.3, 0.4) is 0 Å². The van der Waals surface area contributed by atoms with Crippen molar-refractivity contribution in [1.82, 2.24) is 25.3 Å². The summed E-state index contributed by atoms with van der Waals surface area (Å²) in [7, 11) is 2.07. The minimum atomic E-state index is -0.320. The Hall–Kier alpha value is -2.36. The lowest BCUT2D eigenvalue weighted by Gasteiger charge is -2.38. The third-order valence-electron chi connectivity index (χ3n) is 6.59. The Bertz CT molecular complexity index is 860. The van der Waals surface area contributed by atoms with Crippen LogP contribution >= 0.6 is 11.6 Å². The molecule has 4 rings (SSSR count). The van der Waals surface area contributed by atoms with Crippen molar-refractivity contribution >= 4 is 35.1 Å². The summed E-state index contributed by atoms with van der Waals surface area (Å²) in [4.78, 5) is 43.8. The largest absolute Gasteiger partial charge is 0.353 e. The van der Waals surface area contributed by atoms with E-state index in [4.69, 9.17) is 11.6 Å². The molecule has 32 heavy (non-hydrogen) atoms. The molecule has 3 atom stereocenters. The van der Waals surface area contributed by atoms with Gasteiger partial charge in [0.2, 0.25) is 11.8 Å². The normalized spacial score (nSPS) is 26.4. The second-order valence-corrected chi connectivity index (χ2v) is 9.31. The van der Waals surface area contributed by atoms with Crippen molar-refractivity contribution in [3.05, 3.63) is 29.3 Å². The number of nitrogens with one attached hydrogen (secondary N) is 3. The molecule has 0 saturated carbocycles. The lowest BCUT2D eigenvalue weighted by Crippen LogP contribution is -2.58. The third kappa shape index (κ3) is 5.51. The first kappa shape index (κ1) is 22.8. The Morgan fingerprint density at radius 2 is 2.00 bits per heavy atom.